The topological polar surface area (TPSA) is 0 Å². The van der Waals surface area contributed by atoms with E-state index in [4.69, 9.17) is 0 Å². The summed E-state index contributed by atoms with van der Waals surface area (Å²) in [6, 6.07) is 23.2. The molecular weight excluding hydrogens is 324 g/mol. The van der Waals surface area contributed by atoms with Crippen molar-refractivity contribution in [2.45, 2.75) is 70.6 Å². The Kier molecular flexibility index (Phi) is 5.71. The molecule has 0 heteroatoms. The highest BCUT2D eigenvalue weighted by Gasteiger charge is 2.48. The molecule has 0 heterocycles. The van der Waals surface area contributed by atoms with Crippen LogP contribution in [0.15, 0.2) is 60.7 Å². The molecule has 0 nitrogen and oxygen atoms in total. The van der Waals surface area contributed by atoms with Crippen molar-refractivity contribution in [2.75, 3.05) is 0 Å². The minimum Gasteiger partial charge on any atom is -0.0625 e. The SMILES string of the molecule is CC1CCC(C(c2ccccc2)(c2ccccc2)C2CCC(C)CC2)CC1. The fourth-order valence-corrected chi connectivity index (χ4v) is 6.30. The van der Waals surface area contributed by atoms with E-state index in [9.17, 15) is 0 Å². The van der Waals surface area contributed by atoms with Crippen molar-refractivity contribution in [2.24, 2.45) is 23.7 Å². The monoisotopic (exact) mass is 360 g/mol. The Morgan fingerprint density at radius 1 is 0.519 bits per heavy atom. The van der Waals surface area contributed by atoms with Crippen LogP contribution in [0.1, 0.15) is 76.3 Å². The zero-order valence-corrected chi connectivity index (χ0v) is 17.2. The lowest BCUT2D eigenvalue weighted by atomic mass is 9.52. The van der Waals surface area contributed by atoms with Gasteiger partial charge in [0.05, 0.1) is 0 Å². The summed E-state index contributed by atoms with van der Waals surface area (Å²) in [4.78, 5) is 0. The fourth-order valence-electron chi connectivity index (χ4n) is 6.30. The van der Waals surface area contributed by atoms with Crippen LogP contribution < -0.4 is 0 Å². The van der Waals surface area contributed by atoms with Gasteiger partial charge in [0, 0.05) is 5.41 Å². The first-order chi connectivity index (χ1) is 13.2. The van der Waals surface area contributed by atoms with Crippen molar-refractivity contribution in [3.63, 3.8) is 0 Å². The molecule has 2 fully saturated rings. The van der Waals surface area contributed by atoms with E-state index < -0.39 is 0 Å². The molecular formula is C27H36. The smallest absolute Gasteiger partial charge is 0.0259 e. The van der Waals surface area contributed by atoms with Crippen LogP contribution in [-0.2, 0) is 5.41 Å². The van der Waals surface area contributed by atoms with Gasteiger partial charge >= 0.3 is 0 Å². The van der Waals surface area contributed by atoms with Crippen LogP contribution in [0.5, 0.6) is 0 Å². The van der Waals surface area contributed by atoms with Gasteiger partial charge in [-0.2, -0.15) is 0 Å². The van der Waals surface area contributed by atoms with Gasteiger partial charge in [-0.15, -0.1) is 0 Å². The quantitative estimate of drug-likeness (QED) is 0.526. The third-order valence-electron chi connectivity index (χ3n) is 7.82. The molecule has 0 amide bonds. The lowest BCUT2D eigenvalue weighted by Gasteiger charge is -2.51. The van der Waals surface area contributed by atoms with E-state index in [1.165, 1.54) is 51.4 Å². The van der Waals surface area contributed by atoms with Gasteiger partial charge in [-0.05, 0) is 60.5 Å². The van der Waals surface area contributed by atoms with E-state index in [0.29, 0.717) is 0 Å². The third kappa shape index (κ3) is 3.60. The first-order valence-electron chi connectivity index (χ1n) is 11.3. The average Bonchev–Trinajstić information content (AvgIpc) is 2.73. The number of rotatable bonds is 4. The molecule has 0 radical (unpaired) electrons. The Labute approximate surface area is 166 Å². The van der Waals surface area contributed by atoms with Crippen LogP contribution in [0.3, 0.4) is 0 Å². The van der Waals surface area contributed by atoms with Gasteiger partial charge in [0.15, 0.2) is 0 Å². The maximum atomic E-state index is 2.45. The lowest BCUT2D eigenvalue weighted by Crippen LogP contribution is -2.46. The van der Waals surface area contributed by atoms with E-state index in [2.05, 4.69) is 74.5 Å². The van der Waals surface area contributed by atoms with Crippen molar-refractivity contribution in [1.29, 1.82) is 0 Å². The molecule has 2 aromatic rings. The molecule has 2 aromatic carbocycles. The van der Waals surface area contributed by atoms with Crippen LogP contribution in [0.25, 0.3) is 0 Å². The summed E-state index contributed by atoms with van der Waals surface area (Å²) in [7, 11) is 0. The Balaban J connectivity index is 1.85. The summed E-state index contributed by atoms with van der Waals surface area (Å²) in [5.41, 5.74) is 3.36. The second-order valence-electron chi connectivity index (χ2n) is 9.51. The van der Waals surface area contributed by atoms with Crippen molar-refractivity contribution in [3.05, 3.63) is 71.8 Å². The molecule has 2 aliphatic rings. The summed E-state index contributed by atoms with van der Waals surface area (Å²) in [6.07, 6.45) is 11.1. The van der Waals surface area contributed by atoms with Crippen LogP contribution in [0.4, 0.5) is 0 Å². The van der Waals surface area contributed by atoms with Gasteiger partial charge < -0.3 is 0 Å². The van der Waals surface area contributed by atoms with Crippen molar-refractivity contribution < 1.29 is 0 Å². The Bertz CT molecular complexity index is 622. The molecule has 0 bridgehead atoms. The average molecular weight is 361 g/mol. The Hall–Kier alpha value is -1.56. The molecule has 0 N–H and O–H groups in total. The number of hydrogen-bond acceptors (Lipinski definition) is 0. The van der Waals surface area contributed by atoms with Crippen LogP contribution in [-0.4, -0.2) is 0 Å². The fraction of sp³-hybridized carbons (Fsp3) is 0.556. The molecule has 2 saturated carbocycles. The highest BCUT2D eigenvalue weighted by Crippen LogP contribution is 2.55. The van der Waals surface area contributed by atoms with Crippen LogP contribution in [0, 0.1) is 23.7 Å². The number of benzene rings is 2. The zero-order valence-electron chi connectivity index (χ0n) is 17.2. The van der Waals surface area contributed by atoms with Gasteiger partial charge in [-0.1, -0.05) is 100 Å². The second-order valence-corrected chi connectivity index (χ2v) is 9.51. The standard InChI is InChI=1S/C27H36/c1-21-13-17-25(18-14-21)27(23-9-5-3-6-10-23,24-11-7-4-8-12-24)26-19-15-22(2)16-20-26/h3-12,21-22,25-26H,13-20H2,1-2H3. The lowest BCUT2D eigenvalue weighted by molar-refractivity contribution is 0.109. The summed E-state index contributed by atoms with van der Waals surface area (Å²) < 4.78 is 0. The molecule has 144 valence electrons. The molecule has 4 rings (SSSR count). The van der Waals surface area contributed by atoms with Crippen LogP contribution in [0.2, 0.25) is 0 Å². The van der Waals surface area contributed by atoms with Gasteiger partial charge in [-0.25, -0.2) is 0 Å². The Morgan fingerprint density at radius 2 is 0.852 bits per heavy atom. The van der Waals surface area contributed by atoms with E-state index >= 15 is 0 Å². The highest BCUT2D eigenvalue weighted by atomic mass is 14.5. The van der Waals surface area contributed by atoms with Crippen LogP contribution >= 0.6 is 0 Å². The maximum absolute atomic E-state index is 2.45. The van der Waals surface area contributed by atoms with E-state index in [1.54, 1.807) is 11.1 Å². The first kappa shape index (κ1) is 18.8. The molecule has 0 atom stereocenters. The second kappa shape index (κ2) is 8.21. The third-order valence-corrected chi connectivity index (χ3v) is 7.82. The summed E-state index contributed by atoms with van der Waals surface area (Å²) in [5, 5.41) is 0. The minimum atomic E-state index is 0.197. The van der Waals surface area contributed by atoms with E-state index in [-0.39, 0.29) is 5.41 Å². The summed E-state index contributed by atoms with van der Waals surface area (Å²) in [5.74, 6) is 3.35. The van der Waals surface area contributed by atoms with Gasteiger partial charge in [0.1, 0.15) is 0 Å². The number of hydrogen-bond donors (Lipinski definition) is 0. The first-order valence-corrected chi connectivity index (χ1v) is 11.3. The maximum Gasteiger partial charge on any atom is 0.0259 e. The molecule has 27 heavy (non-hydrogen) atoms. The molecule has 2 aliphatic carbocycles. The Morgan fingerprint density at radius 3 is 1.19 bits per heavy atom. The summed E-state index contributed by atoms with van der Waals surface area (Å²) >= 11 is 0. The predicted molar refractivity (Wildman–Crippen MR) is 116 cm³/mol. The van der Waals surface area contributed by atoms with E-state index in [0.717, 1.165) is 23.7 Å². The van der Waals surface area contributed by atoms with Gasteiger partial charge in [0.25, 0.3) is 0 Å². The normalized spacial score (nSPS) is 29.4. The molecule has 0 aromatic heterocycles. The largest absolute Gasteiger partial charge is 0.0625 e. The summed E-state index contributed by atoms with van der Waals surface area (Å²) in [6.45, 7) is 4.90. The van der Waals surface area contributed by atoms with Crippen molar-refractivity contribution >= 4 is 0 Å². The van der Waals surface area contributed by atoms with Gasteiger partial charge in [-0.3, -0.25) is 0 Å². The van der Waals surface area contributed by atoms with Crippen molar-refractivity contribution in [1.82, 2.24) is 0 Å². The predicted octanol–water partition coefficient (Wildman–Crippen LogP) is 7.63. The molecule has 0 aliphatic heterocycles. The highest BCUT2D eigenvalue weighted by molar-refractivity contribution is 5.42. The molecule has 0 spiro atoms. The molecule has 0 unspecified atom stereocenters. The van der Waals surface area contributed by atoms with Crippen molar-refractivity contribution in [3.8, 4) is 0 Å². The van der Waals surface area contributed by atoms with Gasteiger partial charge in [0.2, 0.25) is 0 Å². The zero-order chi connectivity index (χ0) is 18.7. The molecule has 0 saturated heterocycles. The minimum absolute atomic E-state index is 0.197. The van der Waals surface area contributed by atoms with E-state index in [1.807, 2.05) is 0 Å².